The average Bonchev–Trinajstić information content (AvgIpc) is 2.74. The molecule has 1 aliphatic carbocycles. The number of hydrogen-bond acceptors (Lipinski definition) is 3. The maximum Gasteiger partial charge on any atom is 0.338 e. The van der Waals surface area contributed by atoms with E-state index in [-0.39, 0.29) is 11.4 Å². The van der Waals surface area contributed by atoms with Crippen molar-refractivity contribution in [2.45, 2.75) is 58.3 Å². The fourth-order valence-electron chi connectivity index (χ4n) is 4.29. The van der Waals surface area contributed by atoms with E-state index >= 15 is 0 Å². The second-order valence-corrected chi connectivity index (χ2v) is 8.21. The van der Waals surface area contributed by atoms with Crippen LogP contribution < -0.4 is 4.74 Å². The van der Waals surface area contributed by atoms with E-state index in [0.717, 1.165) is 11.3 Å². The molecule has 0 unspecified atom stereocenters. The first-order valence-corrected chi connectivity index (χ1v) is 10.6. The van der Waals surface area contributed by atoms with E-state index in [1.54, 1.807) is 7.11 Å². The summed E-state index contributed by atoms with van der Waals surface area (Å²) in [4.78, 5) is 11.8. The average molecular weight is 393 g/mol. The number of esters is 1. The minimum absolute atomic E-state index is 0.182. The van der Waals surface area contributed by atoms with E-state index in [1.807, 2.05) is 31.2 Å². The summed E-state index contributed by atoms with van der Waals surface area (Å²) in [6, 6.07) is 14.1. The third-order valence-corrected chi connectivity index (χ3v) is 6.07. The van der Waals surface area contributed by atoms with Gasteiger partial charge in [-0.3, -0.25) is 0 Å². The number of rotatable bonds is 6. The highest BCUT2D eigenvalue weighted by atomic mass is 16.5. The molecule has 2 aromatic carbocycles. The first-order valence-electron chi connectivity index (χ1n) is 10.6. The molecule has 0 radical (unpaired) electrons. The van der Waals surface area contributed by atoms with Gasteiger partial charge >= 0.3 is 5.97 Å². The Labute approximate surface area is 174 Å². The number of methoxy groups -OCH3 is 1. The summed E-state index contributed by atoms with van der Waals surface area (Å²) in [6.07, 6.45) is 8.48. The van der Waals surface area contributed by atoms with Crippen LogP contribution in [0.5, 0.6) is 5.75 Å². The monoisotopic (exact) mass is 392 g/mol. The largest absolute Gasteiger partial charge is 0.496 e. The van der Waals surface area contributed by atoms with Gasteiger partial charge in [0, 0.05) is 5.56 Å². The van der Waals surface area contributed by atoms with Crippen molar-refractivity contribution in [2.75, 3.05) is 13.7 Å². The molecule has 1 aliphatic rings. The van der Waals surface area contributed by atoms with Crippen LogP contribution in [0.2, 0.25) is 0 Å². The molecular weight excluding hydrogens is 360 g/mol. The zero-order chi connectivity index (χ0) is 20.9. The van der Waals surface area contributed by atoms with Crippen LogP contribution in [0, 0.1) is 0 Å². The molecule has 1 saturated carbocycles. The number of hydrogen-bond donors (Lipinski definition) is 0. The summed E-state index contributed by atoms with van der Waals surface area (Å²) in [5, 5.41) is 0. The van der Waals surface area contributed by atoms with Gasteiger partial charge in [0.15, 0.2) is 0 Å². The summed E-state index contributed by atoms with van der Waals surface area (Å²) >= 11 is 0. The first-order chi connectivity index (χ1) is 14.0. The van der Waals surface area contributed by atoms with Crippen LogP contribution in [0.3, 0.4) is 0 Å². The van der Waals surface area contributed by atoms with Gasteiger partial charge in [-0.2, -0.15) is 0 Å². The number of carbonyl (C=O) groups is 1. The lowest BCUT2D eigenvalue weighted by molar-refractivity contribution is 0.0526. The lowest BCUT2D eigenvalue weighted by atomic mass is 9.70. The molecule has 3 rings (SSSR count). The highest BCUT2D eigenvalue weighted by molar-refractivity contribution is 5.90. The molecule has 154 valence electrons. The van der Waals surface area contributed by atoms with Crippen LogP contribution in [0.1, 0.15) is 79.9 Å². The Morgan fingerprint density at radius 2 is 1.69 bits per heavy atom. The van der Waals surface area contributed by atoms with Crippen LogP contribution in [-0.2, 0) is 10.2 Å². The van der Waals surface area contributed by atoms with E-state index in [4.69, 9.17) is 9.47 Å². The fourth-order valence-corrected chi connectivity index (χ4v) is 4.29. The summed E-state index contributed by atoms with van der Waals surface area (Å²) in [5.74, 6) is 0.713. The molecule has 2 aromatic rings. The molecule has 0 aromatic heterocycles. The third-order valence-electron chi connectivity index (χ3n) is 6.07. The molecule has 0 bridgehead atoms. The zero-order valence-corrected chi connectivity index (χ0v) is 18.1. The lowest BCUT2D eigenvalue weighted by Crippen LogP contribution is -2.25. The molecule has 3 heteroatoms. The SMILES string of the molecule is CCOC(=O)c1ccc(/C=C(/C)c2ccc(OC)c(C3(C)CCCCC3)c2)cc1. The molecule has 0 atom stereocenters. The number of carbonyl (C=O) groups excluding carboxylic acids is 1. The van der Waals surface area contributed by atoms with Gasteiger partial charge in [0.1, 0.15) is 5.75 Å². The van der Waals surface area contributed by atoms with Gasteiger partial charge in [-0.15, -0.1) is 0 Å². The number of ether oxygens (including phenoxy) is 2. The van der Waals surface area contributed by atoms with E-state index in [2.05, 4.69) is 38.1 Å². The van der Waals surface area contributed by atoms with Crippen molar-refractivity contribution in [2.24, 2.45) is 0 Å². The van der Waals surface area contributed by atoms with Gasteiger partial charge in [0.05, 0.1) is 19.3 Å². The lowest BCUT2D eigenvalue weighted by Gasteiger charge is -2.35. The standard InChI is InChI=1S/C26H32O3/c1-5-29-25(27)21-11-9-20(10-12-21)17-19(2)22-13-14-24(28-4)23(18-22)26(3)15-7-6-8-16-26/h9-14,17-18H,5-8,15-16H2,1-4H3/b19-17-. The maximum atomic E-state index is 11.8. The van der Waals surface area contributed by atoms with E-state index in [1.165, 1.54) is 48.8 Å². The van der Waals surface area contributed by atoms with Crippen molar-refractivity contribution in [1.82, 2.24) is 0 Å². The molecule has 0 amide bonds. The highest BCUT2D eigenvalue weighted by Gasteiger charge is 2.31. The first kappa shape index (κ1) is 21.2. The Morgan fingerprint density at radius 1 is 1.03 bits per heavy atom. The summed E-state index contributed by atoms with van der Waals surface area (Å²) in [6.45, 7) is 6.71. The Kier molecular flexibility index (Phi) is 6.79. The van der Waals surface area contributed by atoms with Crippen molar-refractivity contribution in [3.05, 3.63) is 64.7 Å². The fraction of sp³-hybridized carbons (Fsp3) is 0.423. The molecule has 3 nitrogen and oxygen atoms in total. The molecule has 0 N–H and O–H groups in total. The highest BCUT2D eigenvalue weighted by Crippen LogP contribution is 2.43. The van der Waals surface area contributed by atoms with Gasteiger partial charge < -0.3 is 9.47 Å². The van der Waals surface area contributed by atoms with Crippen LogP contribution in [0.25, 0.3) is 11.6 Å². The Bertz CT molecular complexity index is 871. The van der Waals surface area contributed by atoms with Gasteiger partial charge in [-0.05, 0) is 73.1 Å². The topological polar surface area (TPSA) is 35.5 Å². The third kappa shape index (κ3) is 4.90. The molecule has 1 fully saturated rings. The molecular formula is C26H32O3. The van der Waals surface area contributed by atoms with Gasteiger partial charge in [-0.25, -0.2) is 4.79 Å². The van der Waals surface area contributed by atoms with Crippen LogP contribution in [0.4, 0.5) is 0 Å². The number of allylic oxidation sites excluding steroid dienone is 1. The van der Waals surface area contributed by atoms with Crippen molar-refractivity contribution in [1.29, 1.82) is 0 Å². The molecule has 0 aliphatic heterocycles. The van der Waals surface area contributed by atoms with Gasteiger partial charge in [0.2, 0.25) is 0 Å². The Morgan fingerprint density at radius 3 is 2.31 bits per heavy atom. The molecule has 0 heterocycles. The molecule has 0 saturated heterocycles. The maximum absolute atomic E-state index is 11.8. The van der Waals surface area contributed by atoms with E-state index < -0.39 is 0 Å². The van der Waals surface area contributed by atoms with Gasteiger partial charge in [0.25, 0.3) is 0 Å². The minimum Gasteiger partial charge on any atom is -0.496 e. The second kappa shape index (κ2) is 9.30. The second-order valence-electron chi connectivity index (χ2n) is 8.21. The summed E-state index contributed by atoms with van der Waals surface area (Å²) < 4.78 is 10.8. The van der Waals surface area contributed by atoms with Crippen molar-refractivity contribution >= 4 is 17.6 Å². The minimum atomic E-state index is -0.278. The van der Waals surface area contributed by atoms with Crippen molar-refractivity contribution in [3.63, 3.8) is 0 Å². The predicted molar refractivity (Wildman–Crippen MR) is 119 cm³/mol. The quantitative estimate of drug-likeness (QED) is 0.407. The van der Waals surface area contributed by atoms with Crippen molar-refractivity contribution < 1.29 is 14.3 Å². The smallest absolute Gasteiger partial charge is 0.338 e. The normalized spacial score (nSPS) is 16.3. The van der Waals surface area contributed by atoms with Crippen LogP contribution in [-0.4, -0.2) is 19.7 Å². The zero-order valence-electron chi connectivity index (χ0n) is 18.1. The van der Waals surface area contributed by atoms with E-state index in [0.29, 0.717) is 12.2 Å². The summed E-state index contributed by atoms with van der Waals surface area (Å²) in [5.41, 5.74) is 5.55. The molecule has 29 heavy (non-hydrogen) atoms. The van der Waals surface area contributed by atoms with Crippen molar-refractivity contribution in [3.8, 4) is 5.75 Å². The summed E-state index contributed by atoms with van der Waals surface area (Å²) in [7, 11) is 1.76. The van der Waals surface area contributed by atoms with E-state index in [9.17, 15) is 4.79 Å². The predicted octanol–water partition coefficient (Wildman–Crippen LogP) is 6.65. The van der Waals surface area contributed by atoms with Crippen LogP contribution >= 0.6 is 0 Å². The number of benzene rings is 2. The van der Waals surface area contributed by atoms with Gasteiger partial charge in [-0.1, -0.05) is 50.5 Å². The molecule has 0 spiro atoms. The Hall–Kier alpha value is -2.55. The van der Waals surface area contributed by atoms with Crippen LogP contribution in [0.15, 0.2) is 42.5 Å². The Balaban J connectivity index is 1.88.